The Kier molecular flexibility index (Phi) is 4.28. The molecule has 0 amide bonds. The molecule has 0 radical (unpaired) electrons. The van der Waals surface area contributed by atoms with Crippen molar-refractivity contribution in [2.45, 2.75) is 25.2 Å². The molecule has 0 bridgehead atoms. The van der Waals surface area contributed by atoms with Crippen molar-refractivity contribution in [2.75, 3.05) is 21.8 Å². The van der Waals surface area contributed by atoms with Crippen molar-refractivity contribution < 1.29 is 16.8 Å². The Labute approximate surface area is 148 Å². The van der Waals surface area contributed by atoms with Gasteiger partial charge < -0.3 is 0 Å². The zero-order valence-electron chi connectivity index (χ0n) is 14.3. The minimum absolute atomic E-state index is 0.112. The third kappa shape index (κ3) is 3.23. The zero-order valence-corrected chi connectivity index (χ0v) is 15.9. The summed E-state index contributed by atoms with van der Waals surface area (Å²) in [6.45, 7) is 3.74. The molecule has 0 unspecified atom stereocenters. The highest BCUT2D eigenvalue weighted by atomic mass is 32.2. The van der Waals surface area contributed by atoms with Crippen LogP contribution in [0.5, 0.6) is 0 Å². The number of para-hydroxylation sites is 1. The quantitative estimate of drug-likeness (QED) is 0.883. The Bertz CT molecular complexity index is 1040. The average molecular weight is 380 g/mol. The number of hydrogen-bond acceptors (Lipinski definition) is 4. The molecule has 1 N–H and O–H groups in total. The van der Waals surface area contributed by atoms with E-state index in [0.717, 1.165) is 11.8 Å². The van der Waals surface area contributed by atoms with E-state index in [1.54, 1.807) is 26.0 Å². The van der Waals surface area contributed by atoms with E-state index in [0.29, 0.717) is 35.5 Å². The van der Waals surface area contributed by atoms with E-state index >= 15 is 0 Å². The van der Waals surface area contributed by atoms with Crippen LogP contribution < -0.4 is 9.03 Å². The van der Waals surface area contributed by atoms with Crippen LogP contribution in [0.1, 0.15) is 16.7 Å². The van der Waals surface area contributed by atoms with Gasteiger partial charge in [0.05, 0.1) is 22.5 Å². The molecule has 0 saturated heterocycles. The predicted molar refractivity (Wildman–Crippen MR) is 99.1 cm³/mol. The van der Waals surface area contributed by atoms with Gasteiger partial charge in [-0.05, 0) is 49.1 Å². The lowest BCUT2D eigenvalue weighted by Crippen LogP contribution is -2.30. The van der Waals surface area contributed by atoms with Crippen molar-refractivity contribution in [1.82, 2.24) is 0 Å². The minimum atomic E-state index is -3.78. The Balaban J connectivity index is 2.12. The summed E-state index contributed by atoms with van der Waals surface area (Å²) < 4.78 is 53.4. The second-order valence-corrected chi connectivity index (χ2v) is 9.79. The van der Waals surface area contributed by atoms with Crippen molar-refractivity contribution in [2.24, 2.45) is 0 Å². The Morgan fingerprint density at radius 3 is 2.36 bits per heavy atom. The second-order valence-electron chi connectivity index (χ2n) is 6.21. The first-order chi connectivity index (χ1) is 11.6. The Hall–Kier alpha value is -2.06. The number of nitrogens with zero attached hydrogens (tertiary/aromatic N) is 1. The SMILES string of the molecule is Cc1ccc(S(=O)(=O)N2CCc3ccccc32)c(C)c1NS(C)(=O)=O. The lowest BCUT2D eigenvalue weighted by atomic mass is 10.1. The summed E-state index contributed by atoms with van der Waals surface area (Å²) in [5.41, 5.74) is 3.06. The molecule has 0 fully saturated rings. The van der Waals surface area contributed by atoms with Gasteiger partial charge in [0, 0.05) is 6.54 Å². The number of hydrogen-bond donors (Lipinski definition) is 1. The topological polar surface area (TPSA) is 83.6 Å². The van der Waals surface area contributed by atoms with E-state index in [2.05, 4.69) is 4.72 Å². The fourth-order valence-corrected chi connectivity index (χ4v) is 5.55. The lowest BCUT2D eigenvalue weighted by molar-refractivity contribution is 0.591. The third-order valence-corrected chi connectivity index (χ3v) is 6.86. The van der Waals surface area contributed by atoms with Crippen LogP contribution in [-0.2, 0) is 26.5 Å². The van der Waals surface area contributed by atoms with Crippen LogP contribution in [0, 0.1) is 13.8 Å². The molecule has 134 valence electrons. The molecule has 0 aliphatic carbocycles. The highest BCUT2D eigenvalue weighted by Gasteiger charge is 2.32. The standard InChI is InChI=1S/C17H20N2O4S2/c1-12-8-9-16(13(2)17(12)18-24(3,20)21)25(22,23)19-11-10-14-6-4-5-7-15(14)19/h4-9,18H,10-11H2,1-3H3. The first kappa shape index (κ1) is 17.8. The highest BCUT2D eigenvalue weighted by Crippen LogP contribution is 2.35. The van der Waals surface area contributed by atoms with Crippen molar-refractivity contribution in [1.29, 1.82) is 0 Å². The number of fused-ring (bicyclic) bond motifs is 1. The summed E-state index contributed by atoms with van der Waals surface area (Å²) in [6.07, 6.45) is 1.71. The number of rotatable bonds is 4. The predicted octanol–water partition coefficient (Wildman–Crippen LogP) is 2.43. The van der Waals surface area contributed by atoms with Gasteiger partial charge in [0.25, 0.3) is 10.0 Å². The van der Waals surface area contributed by atoms with Gasteiger partial charge in [-0.1, -0.05) is 24.3 Å². The first-order valence-corrected chi connectivity index (χ1v) is 11.1. The number of nitrogens with one attached hydrogen (secondary N) is 1. The molecule has 8 heteroatoms. The summed E-state index contributed by atoms with van der Waals surface area (Å²) in [7, 11) is -7.29. The summed E-state index contributed by atoms with van der Waals surface area (Å²) >= 11 is 0. The molecule has 3 rings (SSSR count). The molecular formula is C17H20N2O4S2. The van der Waals surface area contributed by atoms with Crippen LogP contribution in [0.2, 0.25) is 0 Å². The molecule has 1 heterocycles. The fourth-order valence-electron chi connectivity index (χ4n) is 3.13. The molecule has 0 aromatic heterocycles. The van der Waals surface area contributed by atoms with E-state index in [1.807, 2.05) is 18.2 Å². The van der Waals surface area contributed by atoms with Crippen LogP contribution in [0.4, 0.5) is 11.4 Å². The van der Waals surface area contributed by atoms with E-state index in [1.165, 1.54) is 10.4 Å². The molecule has 0 atom stereocenters. The maximum absolute atomic E-state index is 13.2. The second kappa shape index (κ2) is 6.03. The van der Waals surface area contributed by atoms with Crippen molar-refractivity contribution in [3.8, 4) is 0 Å². The summed E-state index contributed by atoms with van der Waals surface area (Å²) in [5, 5.41) is 0. The monoisotopic (exact) mass is 380 g/mol. The third-order valence-electron chi connectivity index (χ3n) is 4.32. The van der Waals surface area contributed by atoms with E-state index in [-0.39, 0.29) is 4.90 Å². The van der Waals surface area contributed by atoms with E-state index < -0.39 is 20.0 Å². The van der Waals surface area contributed by atoms with Crippen LogP contribution in [0.3, 0.4) is 0 Å². The van der Waals surface area contributed by atoms with Gasteiger partial charge in [-0.15, -0.1) is 0 Å². The first-order valence-electron chi connectivity index (χ1n) is 7.80. The smallest absolute Gasteiger partial charge is 0.264 e. The van der Waals surface area contributed by atoms with Gasteiger partial charge in [0.2, 0.25) is 10.0 Å². The average Bonchev–Trinajstić information content (AvgIpc) is 2.95. The van der Waals surface area contributed by atoms with Crippen molar-refractivity contribution in [3.63, 3.8) is 0 Å². The van der Waals surface area contributed by atoms with Crippen LogP contribution in [0.25, 0.3) is 0 Å². The van der Waals surface area contributed by atoms with Gasteiger partial charge in [0.1, 0.15) is 0 Å². The molecule has 1 aliphatic heterocycles. The van der Waals surface area contributed by atoms with Crippen LogP contribution >= 0.6 is 0 Å². The summed E-state index contributed by atoms with van der Waals surface area (Å²) in [5.74, 6) is 0. The van der Waals surface area contributed by atoms with Crippen molar-refractivity contribution >= 4 is 31.4 Å². The molecular weight excluding hydrogens is 360 g/mol. The maximum atomic E-state index is 13.2. The molecule has 0 saturated carbocycles. The number of benzene rings is 2. The summed E-state index contributed by atoms with van der Waals surface area (Å²) in [4.78, 5) is 0.112. The van der Waals surface area contributed by atoms with Crippen LogP contribution in [0.15, 0.2) is 41.3 Å². The number of sulfonamides is 2. The van der Waals surface area contributed by atoms with Crippen molar-refractivity contribution in [3.05, 3.63) is 53.1 Å². The van der Waals surface area contributed by atoms with Gasteiger partial charge in [0.15, 0.2) is 0 Å². The largest absolute Gasteiger partial charge is 0.283 e. The highest BCUT2D eigenvalue weighted by molar-refractivity contribution is 7.93. The van der Waals surface area contributed by atoms with Crippen LogP contribution in [-0.4, -0.2) is 29.6 Å². The molecule has 6 nitrogen and oxygen atoms in total. The Morgan fingerprint density at radius 2 is 1.68 bits per heavy atom. The molecule has 2 aromatic rings. The number of aryl methyl sites for hydroxylation is 1. The zero-order chi connectivity index (χ0) is 18.4. The fraction of sp³-hybridized carbons (Fsp3) is 0.294. The minimum Gasteiger partial charge on any atom is -0.283 e. The van der Waals surface area contributed by atoms with Gasteiger partial charge in [-0.25, -0.2) is 16.8 Å². The molecule has 2 aromatic carbocycles. The molecule has 25 heavy (non-hydrogen) atoms. The van der Waals surface area contributed by atoms with E-state index in [9.17, 15) is 16.8 Å². The maximum Gasteiger partial charge on any atom is 0.264 e. The lowest BCUT2D eigenvalue weighted by Gasteiger charge is -2.22. The summed E-state index contributed by atoms with van der Waals surface area (Å²) in [6, 6.07) is 10.6. The Morgan fingerprint density at radius 1 is 1.00 bits per heavy atom. The molecule has 0 spiro atoms. The normalized spacial score (nSPS) is 14.4. The van der Waals surface area contributed by atoms with Gasteiger partial charge in [-0.3, -0.25) is 9.03 Å². The van der Waals surface area contributed by atoms with E-state index in [4.69, 9.17) is 0 Å². The number of anilines is 2. The van der Waals surface area contributed by atoms with Gasteiger partial charge >= 0.3 is 0 Å². The molecule has 1 aliphatic rings. The van der Waals surface area contributed by atoms with Gasteiger partial charge in [-0.2, -0.15) is 0 Å².